The van der Waals surface area contributed by atoms with Gasteiger partial charge in [0.05, 0.1) is 0 Å². The number of hydrogen-bond donors (Lipinski definition) is 4. The predicted octanol–water partition coefficient (Wildman–Crippen LogP) is -0.812. The minimum absolute atomic E-state index is 0.0635. The molecule has 0 unspecified atom stereocenters. The Balaban J connectivity index is 1.69. The quantitative estimate of drug-likeness (QED) is 0.479. The summed E-state index contributed by atoms with van der Waals surface area (Å²) in [6.45, 7) is 13.9. The van der Waals surface area contributed by atoms with Gasteiger partial charge in [-0.3, -0.25) is 9.59 Å². The third-order valence-electron chi connectivity index (χ3n) is 5.41. The molecule has 0 spiro atoms. The number of nitrogens with one attached hydrogen (secondary N) is 4. The van der Waals surface area contributed by atoms with Gasteiger partial charge in [0.15, 0.2) is 13.1 Å². The Labute approximate surface area is 163 Å². The van der Waals surface area contributed by atoms with Crippen LogP contribution in [0.15, 0.2) is 18.2 Å². The highest BCUT2D eigenvalue weighted by Crippen LogP contribution is 2.17. The maximum absolute atomic E-state index is 12.4. The third-order valence-corrected chi connectivity index (χ3v) is 5.41. The number of hydrogen-bond acceptors (Lipinski definition) is 2. The van der Waals surface area contributed by atoms with Gasteiger partial charge in [0, 0.05) is 12.2 Å². The topological polar surface area (TPSA) is 67.1 Å². The molecule has 2 amide bonds. The highest BCUT2D eigenvalue weighted by atomic mass is 16.2. The van der Waals surface area contributed by atoms with Gasteiger partial charge < -0.3 is 20.4 Å². The number of aryl methyl sites for hydroxylation is 1. The Morgan fingerprint density at radius 1 is 1.00 bits per heavy atom. The molecule has 0 saturated carbocycles. The van der Waals surface area contributed by atoms with E-state index in [2.05, 4.69) is 37.5 Å². The SMILES string of the molecule is Cc1cccc(NC(=O)C[NH+]2CC[NH+](CC(=O)NCCC(C)C)CC2)c1C. The van der Waals surface area contributed by atoms with Crippen molar-refractivity contribution in [3.63, 3.8) is 0 Å². The molecule has 2 rings (SSSR count). The van der Waals surface area contributed by atoms with E-state index in [0.717, 1.165) is 50.4 Å². The molecule has 150 valence electrons. The van der Waals surface area contributed by atoms with E-state index in [1.807, 2.05) is 19.1 Å². The first-order valence-corrected chi connectivity index (χ1v) is 10.1. The molecule has 0 bridgehead atoms. The van der Waals surface area contributed by atoms with Crippen LogP contribution in [-0.2, 0) is 9.59 Å². The van der Waals surface area contributed by atoms with Gasteiger partial charge in [-0.1, -0.05) is 26.0 Å². The minimum Gasteiger partial charge on any atom is -0.351 e. The summed E-state index contributed by atoms with van der Waals surface area (Å²) in [4.78, 5) is 27.0. The van der Waals surface area contributed by atoms with E-state index in [-0.39, 0.29) is 11.8 Å². The monoisotopic (exact) mass is 376 g/mol. The zero-order valence-corrected chi connectivity index (χ0v) is 17.3. The Morgan fingerprint density at radius 3 is 2.19 bits per heavy atom. The van der Waals surface area contributed by atoms with Crippen LogP contribution in [0.4, 0.5) is 5.69 Å². The highest BCUT2D eigenvalue weighted by Gasteiger charge is 2.26. The fourth-order valence-corrected chi connectivity index (χ4v) is 3.41. The van der Waals surface area contributed by atoms with Gasteiger partial charge in [0.25, 0.3) is 11.8 Å². The summed E-state index contributed by atoms with van der Waals surface area (Å²) in [6, 6.07) is 5.98. The Bertz CT molecular complexity index is 637. The van der Waals surface area contributed by atoms with Crippen molar-refractivity contribution in [1.29, 1.82) is 0 Å². The summed E-state index contributed by atoms with van der Waals surface area (Å²) < 4.78 is 0. The Kier molecular flexibility index (Phi) is 8.25. The molecule has 1 aliphatic rings. The number of benzene rings is 1. The molecule has 1 heterocycles. The molecule has 6 nitrogen and oxygen atoms in total. The van der Waals surface area contributed by atoms with E-state index in [0.29, 0.717) is 19.0 Å². The van der Waals surface area contributed by atoms with Gasteiger partial charge in [0.1, 0.15) is 26.2 Å². The molecular formula is C21H36N4O2+2. The first-order valence-electron chi connectivity index (χ1n) is 10.1. The fraction of sp³-hybridized carbons (Fsp3) is 0.619. The van der Waals surface area contributed by atoms with Crippen molar-refractivity contribution in [3.8, 4) is 0 Å². The van der Waals surface area contributed by atoms with Crippen molar-refractivity contribution in [2.45, 2.75) is 34.1 Å². The predicted molar refractivity (Wildman–Crippen MR) is 108 cm³/mol. The standard InChI is InChI=1S/C21H34N4O2/c1-16(2)8-9-22-20(26)14-24-10-12-25(13-11-24)15-21(27)23-19-7-5-6-17(3)18(19)4/h5-7,16H,8-15H2,1-4H3,(H,22,26)(H,23,27)/p+2. The van der Waals surface area contributed by atoms with E-state index >= 15 is 0 Å². The number of carbonyl (C=O) groups excluding carboxylic acids is 2. The lowest BCUT2D eigenvalue weighted by Gasteiger charge is -2.29. The summed E-state index contributed by atoms with van der Waals surface area (Å²) in [5, 5.41) is 6.05. The van der Waals surface area contributed by atoms with E-state index in [1.54, 1.807) is 0 Å². The lowest BCUT2D eigenvalue weighted by Crippen LogP contribution is -3.28. The Morgan fingerprint density at radius 2 is 1.59 bits per heavy atom. The van der Waals surface area contributed by atoms with Crippen molar-refractivity contribution in [3.05, 3.63) is 29.3 Å². The van der Waals surface area contributed by atoms with Gasteiger partial charge in [-0.25, -0.2) is 0 Å². The van der Waals surface area contributed by atoms with Crippen molar-refractivity contribution >= 4 is 17.5 Å². The number of rotatable bonds is 8. The van der Waals surface area contributed by atoms with Crippen molar-refractivity contribution in [2.24, 2.45) is 5.92 Å². The van der Waals surface area contributed by atoms with Crippen LogP contribution in [0.2, 0.25) is 0 Å². The number of carbonyl (C=O) groups is 2. The van der Waals surface area contributed by atoms with Crippen LogP contribution in [0.25, 0.3) is 0 Å². The second kappa shape index (κ2) is 10.4. The molecule has 0 atom stereocenters. The van der Waals surface area contributed by atoms with Crippen molar-refractivity contribution < 1.29 is 19.4 Å². The summed E-state index contributed by atoms with van der Waals surface area (Å²) >= 11 is 0. The van der Waals surface area contributed by atoms with Crippen LogP contribution in [0.3, 0.4) is 0 Å². The molecule has 0 radical (unpaired) electrons. The number of piperazine rings is 1. The third kappa shape index (κ3) is 7.31. The summed E-state index contributed by atoms with van der Waals surface area (Å²) in [5.41, 5.74) is 3.21. The lowest BCUT2D eigenvalue weighted by atomic mass is 10.1. The number of amides is 2. The normalized spacial score (nSPS) is 19.7. The largest absolute Gasteiger partial charge is 0.351 e. The maximum atomic E-state index is 12.4. The molecule has 1 saturated heterocycles. The zero-order chi connectivity index (χ0) is 19.8. The summed E-state index contributed by atoms with van der Waals surface area (Å²) in [7, 11) is 0. The molecule has 0 aliphatic carbocycles. The van der Waals surface area contributed by atoms with Crippen LogP contribution in [-0.4, -0.2) is 57.6 Å². The van der Waals surface area contributed by atoms with E-state index in [1.165, 1.54) is 15.4 Å². The molecule has 6 heteroatoms. The number of anilines is 1. The summed E-state index contributed by atoms with van der Waals surface area (Å²) in [6.07, 6.45) is 1.02. The average Bonchev–Trinajstić information content (AvgIpc) is 2.60. The van der Waals surface area contributed by atoms with Gasteiger partial charge in [-0.2, -0.15) is 0 Å². The van der Waals surface area contributed by atoms with E-state index in [9.17, 15) is 9.59 Å². The van der Waals surface area contributed by atoms with E-state index < -0.39 is 0 Å². The first-order chi connectivity index (χ1) is 12.8. The van der Waals surface area contributed by atoms with Gasteiger partial charge in [0.2, 0.25) is 0 Å². The van der Waals surface area contributed by atoms with Crippen molar-refractivity contribution in [2.75, 3.05) is 51.1 Å². The molecule has 1 fully saturated rings. The lowest BCUT2D eigenvalue weighted by molar-refractivity contribution is -1.00. The molecule has 27 heavy (non-hydrogen) atoms. The maximum Gasteiger partial charge on any atom is 0.279 e. The first kappa shape index (κ1) is 21.4. The van der Waals surface area contributed by atoms with Crippen LogP contribution in [0.1, 0.15) is 31.4 Å². The van der Waals surface area contributed by atoms with Gasteiger partial charge in [-0.15, -0.1) is 0 Å². The molecule has 1 aliphatic heterocycles. The smallest absolute Gasteiger partial charge is 0.279 e. The number of quaternary nitrogens is 2. The van der Waals surface area contributed by atoms with Crippen LogP contribution in [0, 0.1) is 19.8 Å². The second-order valence-corrected chi connectivity index (χ2v) is 8.18. The van der Waals surface area contributed by atoms with Crippen LogP contribution >= 0.6 is 0 Å². The molecule has 4 N–H and O–H groups in total. The molecule has 1 aromatic rings. The summed E-state index contributed by atoms with van der Waals surface area (Å²) in [5.74, 6) is 0.815. The highest BCUT2D eigenvalue weighted by molar-refractivity contribution is 5.92. The minimum atomic E-state index is 0.0635. The van der Waals surface area contributed by atoms with Gasteiger partial charge in [-0.05, 0) is 43.4 Å². The second-order valence-electron chi connectivity index (χ2n) is 8.18. The molecular weight excluding hydrogens is 340 g/mol. The average molecular weight is 377 g/mol. The van der Waals surface area contributed by atoms with Gasteiger partial charge >= 0.3 is 0 Å². The molecule has 1 aromatic carbocycles. The van der Waals surface area contributed by atoms with Crippen molar-refractivity contribution in [1.82, 2.24) is 5.32 Å². The Hall–Kier alpha value is -1.92. The van der Waals surface area contributed by atoms with Crippen LogP contribution < -0.4 is 20.4 Å². The van der Waals surface area contributed by atoms with E-state index in [4.69, 9.17) is 0 Å². The fourth-order valence-electron chi connectivity index (χ4n) is 3.41. The molecule has 0 aromatic heterocycles. The van der Waals surface area contributed by atoms with Crippen LogP contribution in [0.5, 0.6) is 0 Å². The zero-order valence-electron chi connectivity index (χ0n) is 17.3.